The molecule has 0 saturated heterocycles. The minimum absolute atomic E-state index is 0. The van der Waals surface area contributed by atoms with Gasteiger partial charge in [0.1, 0.15) is 11.5 Å². The number of rotatable bonds is 7. The van der Waals surface area contributed by atoms with Gasteiger partial charge in [0.15, 0.2) is 5.96 Å². The highest BCUT2D eigenvalue weighted by Crippen LogP contribution is 2.24. The second-order valence-corrected chi connectivity index (χ2v) is 5.77. The number of aliphatic imine (C=N–C) groups is 1. The zero-order chi connectivity index (χ0) is 18.1. The molecule has 2 aromatic rings. The minimum atomic E-state index is 0. The summed E-state index contributed by atoms with van der Waals surface area (Å²) in [5, 5.41) is 6.65. The van der Waals surface area contributed by atoms with Crippen molar-refractivity contribution in [2.75, 3.05) is 27.8 Å². The first-order valence-electron chi connectivity index (χ1n) is 8.37. The van der Waals surface area contributed by atoms with E-state index in [-0.39, 0.29) is 24.0 Å². The Morgan fingerprint density at radius 2 is 1.73 bits per heavy atom. The molecule has 0 aromatic heterocycles. The number of benzene rings is 2. The van der Waals surface area contributed by atoms with Gasteiger partial charge in [-0.25, -0.2) is 0 Å². The van der Waals surface area contributed by atoms with Gasteiger partial charge in [-0.15, -0.1) is 24.0 Å². The first-order chi connectivity index (χ1) is 12.2. The maximum Gasteiger partial charge on any atom is 0.191 e. The first kappa shape index (κ1) is 22.1. The molecule has 5 nitrogen and oxygen atoms in total. The van der Waals surface area contributed by atoms with Gasteiger partial charge in [0.05, 0.1) is 14.2 Å². The zero-order valence-corrected chi connectivity index (χ0v) is 18.2. The Labute approximate surface area is 173 Å². The minimum Gasteiger partial charge on any atom is -0.497 e. The van der Waals surface area contributed by atoms with Gasteiger partial charge in [0.25, 0.3) is 0 Å². The van der Waals surface area contributed by atoms with Crippen molar-refractivity contribution < 1.29 is 9.47 Å². The van der Waals surface area contributed by atoms with Crippen LogP contribution in [0.1, 0.15) is 16.7 Å². The van der Waals surface area contributed by atoms with E-state index in [1.807, 2.05) is 18.2 Å². The summed E-state index contributed by atoms with van der Waals surface area (Å²) >= 11 is 0. The lowest BCUT2D eigenvalue weighted by Gasteiger charge is -2.14. The number of nitrogens with one attached hydrogen (secondary N) is 2. The average Bonchev–Trinajstić information content (AvgIpc) is 2.65. The molecule has 0 aliphatic heterocycles. The van der Waals surface area contributed by atoms with Crippen molar-refractivity contribution in [2.45, 2.75) is 19.9 Å². The van der Waals surface area contributed by atoms with Crippen molar-refractivity contribution in [1.82, 2.24) is 10.6 Å². The Balaban J connectivity index is 0.00000338. The maximum atomic E-state index is 5.42. The Morgan fingerprint density at radius 3 is 2.35 bits per heavy atom. The molecule has 6 heteroatoms. The Hall–Kier alpha value is -1.96. The first-order valence-corrected chi connectivity index (χ1v) is 8.37. The van der Waals surface area contributed by atoms with Crippen molar-refractivity contribution >= 4 is 29.9 Å². The van der Waals surface area contributed by atoms with E-state index in [4.69, 9.17) is 9.47 Å². The third-order valence-electron chi connectivity index (χ3n) is 3.99. The average molecular weight is 469 g/mol. The summed E-state index contributed by atoms with van der Waals surface area (Å²) in [6, 6.07) is 14.4. The van der Waals surface area contributed by atoms with Gasteiger partial charge < -0.3 is 20.1 Å². The fraction of sp³-hybridized carbons (Fsp3) is 0.350. The molecule has 0 bridgehead atoms. The van der Waals surface area contributed by atoms with Crippen LogP contribution < -0.4 is 20.1 Å². The summed E-state index contributed by atoms with van der Waals surface area (Å²) in [7, 11) is 5.08. The van der Waals surface area contributed by atoms with Crippen LogP contribution in [0.5, 0.6) is 11.5 Å². The molecule has 0 unspecified atom stereocenters. The van der Waals surface area contributed by atoms with Crippen LogP contribution in [0.3, 0.4) is 0 Å². The molecule has 0 atom stereocenters. The van der Waals surface area contributed by atoms with Crippen molar-refractivity contribution in [2.24, 2.45) is 4.99 Å². The molecule has 0 spiro atoms. The van der Waals surface area contributed by atoms with E-state index in [0.717, 1.165) is 36.0 Å². The molecule has 0 fully saturated rings. The fourth-order valence-corrected chi connectivity index (χ4v) is 2.48. The van der Waals surface area contributed by atoms with E-state index in [9.17, 15) is 0 Å². The highest BCUT2D eigenvalue weighted by molar-refractivity contribution is 14.0. The largest absolute Gasteiger partial charge is 0.497 e. The van der Waals surface area contributed by atoms with Gasteiger partial charge in [0, 0.05) is 31.8 Å². The quantitative estimate of drug-likeness (QED) is 0.370. The van der Waals surface area contributed by atoms with Crippen molar-refractivity contribution in [3.8, 4) is 11.5 Å². The van der Waals surface area contributed by atoms with Crippen molar-refractivity contribution in [1.29, 1.82) is 0 Å². The highest BCUT2D eigenvalue weighted by Gasteiger charge is 2.06. The SMILES string of the molecule is CN=C(NCCc1ccc(C)cc1)NCc1ccc(OC)cc1OC.I. The van der Waals surface area contributed by atoms with Crippen LogP contribution in [-0.2, 0) is 13.0 Å². The lowest BCUT2D eigenvalue weighted by Crippen LogP contribution is -2.37. The number of nitrogens with zero attached hydrogens (tertiary/aromatic N) is 1. The fourth-order valence-electron chi connectivity index (χ4n) is 2.48. The molecule has 0 saturated carbocycles. The normalized spacial score (nSPS) is 10.7. The van der Waals surface area contributed by atoms with Crippen LogP contribution >= 0.6 is 24.0 Å². The Kier molecular flexibility index (Phi) is 9.87. The van der Waals surface area contributed by atoms with Gasteiger partial charge in [-0.3, -0.25) is 4.99 Å². The number of ether oxygens (including phenoxy) is 2. The second-order valence-electron chi connectivity index (χ2n) is 5.77. The summed E-state index contributed by atoms with van der Waals surface area (Å²) in [4.78, 5) is 4.27. The van der Waals surface area contributed by atoms with Crippen LogP contribution in [0.15, 0.2) is 47.5 Å². The summed E-state index contributed by atoms with van der Waals surface area (Å²) in [6.45, 7) is 3.54. The number of guanidine groups is 1. The molecule has 0 aliphatic rings. The maximum absolute atomic E-state index is 5.42. The van der Waals surface area contributed by atoms with Gasteiger partial charge in [0.2, 0.25) is 0 Å². The van der Waals surface area contributed by atoms with Crippen LogP contribution in [0, 0.1) is 6.92 Å². The molecule has 0 amide bonds. The lowest BCUT2D eigenvalue weighted by molar-refractivity contribution is 0.390. The Morgan fingerprint density at radius 1 is 1.00 bits per heavy atom. The number of hydrogen-bond acceptors (Lipinski definition) is 3. The van der Waals surface area contributed by atoms with Crippen molar-refractivity contribution in [3.05, 3.63) is 59.2 Å². The van der Waals surface area contributed by atoms with Crippen LogP contribution in [0.25, 0.3) is 0 Å². The van der Waals surface area contributed by atoms with E-state index in [0.29, 0.717) is 6.54 Å². The smallest absolute Gasteiger partial charge is 0.191 e. The van der Waals surface area contributed by atoms with Crippen LogP contribution in [0.4, 0.5) is 0 Å². The molecule has 0 aliphatic carbocycles. The van der Waals surface area contributed by atoms with Gasteiger partial charge in [-0.05, 0) is 31.0 Å². The standard InChI is InChI=1S/C20H27N3O2.HI/c1-15-5-7-16(8-6-15)11-12-22-20(21-2)23-14-17-9-10-18(24-3)13-19(17)25-4;/h5-10,13H,11-12,14H2,1-4H3,(H2,21,22,23);1H. The number of methoxy groups -OCH3 is 2. The summed E-state index contributed by atoms with van der Waals surface area (Å²) in [5.41, 5.74) is 3.64. The molecule has 2 N–H and O–H groups in total. The number of halogens is 1. The van der Waals surface area contributed by atoms with Gasteiger partial charge >= 0.3 is 0 Å². The van der Waals surface area contributed by atoms with Crippen LogP contribution in [0.2, 0.25) is 0 Å². The summed E-state index contributed by atoms with van der Waals surface area (Å²) in [5.74, 6) is 2.34. The predicted octanol–water partition coefficient (Wildman–Crippen LogP) is 3.54. The Bertz CT molecular complexity index is 703. The van der Waals surface area contributed by atoms with E-state index in [1.54, 1.807) is 21.3 Å². The number of hydrogen-bond donors (Lipinski definition) is 2. The molecule has 2 rings (SSSR count). The second kappa shape index (κ2) is 11.6. The molecule has 2 aromatic carbocycles. The molecular formula is C20H28IN3O2. The van der Waals surface area contributed by atoms with E-state index in [1.165, 1.54) is 11.1 Å². The topological polar surface area (TPSA) is 54.9 Å². The predicted molar refractivity (Wildman–Crippen MR) is 118 cm³/mol. The molecule has 0 radical (unpaired) electrons. The third-order valence-corrected chi connectivity index (χ3v) is 3.99. The molecule has 142 valence electrons. The highest BCUT2D eigenvalue weighted by atomic mass is 127. The summed E-state index contributed by atoms with van der Waals surface area (Å²) in [6.07, 6.45) is 0.951. The molecule has 0 heterocycles. The number of aryl methyl sites for hydroxylation is 1. The zero-order valence-electron chi connectivity index (χ0n) is 15.8. The third kappa shape index (κ3) is 6.74. The van der Waals surface area contributed by atoms with Crippen LogP contribution in [-0.4, -0.2) is 33.8 Å². The lowest BCUT2D eigenvalue weighted by atomic mass is 10.1. The van der Waals surface area contributed by atoms with E-state index < -0.39 is 0 Å². The van der Waals surface area contributed by atoms with Crippen molar-refractivity contribution in [3.63, 3.8) is 0 Å². The molecular weight excluding hydrogens is 441 g/mol. The van der Waals surface area contributed by atoms with E-state index >= 15 is 0 Å². The van der Waals surface area contributed by atoms with Gasteiger partial charge in [-0.2, -0.15) is 0 Å². The monoisotopic (exact) mass is 469 g/mol. The summed E-state index contributed by atoms with van der Waals surface area (Å²) < 4.78 is 10.6. The molecule has 26 heavy (non-hydrogen) atoms. The van der Waals surface area contributed by atoms with E-state index in [2.05, 4.69) is 46.8 Å². The van der Waals surface area contributed by atoms with Gasteiger partial charge in [-0.1, -0.05) is 29.8 Å².